The van der Waals surface area contributed by atoms with Gasteiger partial charge in [0.15, 0.2) is 0 Å². The van der Waals surface area contributed by atoms with Crippen LogP contribution >= 0.6 is 0 Å². The third kappa shape index (κ3) is 4.15. The summed E-state index contributed by atoms with van der Waals surface area (Å²) < 4.78 is 5.64. The van der Waals surface area contributed by atoms with E-state index in [4.69, 9.17) is 4.74 Å². The summed E-state index contributed by atoms with van der Waals surface area (Å²) in [6.07, 6.45) is 0.991. The summed E-state index contributed by atoms with van der Waals surface area (Å²) in [6.45, 7) is 6.87. The van der Waals surface area contributed by atoms with Crippen LogP contribution in [0, 0.1) is 6.92 Å². The van der Waals surface area contributed by atoms with Gasteiger partial charge in [-0.2, -0.15) is 0 Å². The highest BCUT2D eigenvalue weighted by Crippen LogP contribution is 2.28. The summed E-state index contributed by atoms with van der Waals surface area (Å²) in [5.41, 5.74) is 3.02. The van der Waals surface area contributed by atoms with Gasteiger partial charge in [0.1, 0.15) is 11.5 Å². The Morgan fingerprint density at radius 1 is 1.19 bits per heavy atom. The SMILES string of the molecule is CCCOc1cccc(NC(C)c2cc(C)ccc2O)c1. The van der Waals surface area contributed by atoms with Gasteiger partial charge < -0.3 is 15.2 Å². The number of hydrogen-bond acceptors (Lipinski definition) is 3. The highest BCUT2D eigenvalue weighted by Gasteiger charge is 2.10. The quantitative estimate of drug-likeness (QED) is 0.811. The highest BCUT2D eigenvalue weighted by molar-refractivity contribution is 5.51. The molecule has 112 valence electrons. The molecule has 0 radical (unpaired) electrons. The molecule has 0 amide bonds. The van der Waals surface area contributed by atoms with Crippen molar-refractivity contribution in [2.45, 2.75) is 33.2 Å². The van der Waals surface area contributed by atoms with E-state index in [9.17, 15) is 5.11 Å². The van der Waals surface area contributed by atoms with Crippen molar-refractivity contribution in [3.8, 4) is 11.5 Å². The standard InChI is InChI=1S/C18H23NO2/c1-4-10-21-16-7-5-6-15(12-16)19-14(3)17-11-13(2)8-9-18(17)20/h5-9,11-12,14,19-20H,4,10H2,1-3H3. The fraction of sp³-hybridized carbons (Fsp3) is 0.333. The third-order valence-corrected chi connectivity index (χ3v) is 3.34. The molecular formula is C18H23NO2. The van der Waals surface area contributed by atoms with E-state index in [0.29, 0.717) is 5.75 Å². The van der Waals surface area contributed by atoms with E-state index < -0.39 is 0 Å². The van der Waals surface area contributed by atoms with Gasteiger partial charge in [-0.3, -0.25) is 0 Å². The Labute approximate surface area is 126 Å². The lowest BCUT2D eigenvalue weighted by molar-refractivity contribution is 0.317. The number of phenols is 1. The Morgan fingerprint density at radius 3 is 2.76 bits per heavy atom. The number of rotatable bonds is 6. The second kappa shape index (κ2) is 7.02. The van der Waals surface area contributed by atoms with Gasteiger partial charge in [0, 0.05) is 17.3 Å². The summed E-state index contributed by atoms with van der Waals surface area (Å²) in [6, 6.07) is 13.6. The molecule has 0 bridgehead atoms. The second-order valence-corrected chi connectivity index (χ2v) is 5.30. The van der Waals surface area contributed by atoms with Gasteiger partial charge in [-0.25, -0.2) is 0 Å². The van der Waals surface area contributed by atoms with Crippen molar-refractivity contribution in [2.24, 2.45) is 0 Å². The van der Waals surface area contributed by atoms with Crippen LogP contribution in [0.2, 0.25) is 0 Å². The van der Waals surface area contributed by atoms with Crippen molar-refractivity contribution >= 4 is 5.69 Å². The molecular weight excluding hydrogens is 262 g/mol. The minimum absolute atomic E-state index is 0.0197. The van der Waals surface area contributed by atoms with Gasteiger partial charge in [-0.1, -0.05) is 30.7 Å². The lowest BCUT2D eigenvalue weighted by atomic mass is 10.0. The molecule has 0 aliphatic heterocycles. The molecule has 0 heterocycles. The van der Waals surface area contributed by atoms with Gasteiger partial charge in [-0.05, 0) is 38.5 Å². The summed E-state index contributed by atoms with van der Waals surface area (Å²) in [5, 5.41) is 13.4. The maximum atomic E-state index is 9.99. The van der Waals surface area contributed by atoms with Gasteiger partial charge in [0.25, 0.3) is 0 Å². The van der Waals surface area contributed by atoms with E-state index in [1.807, 2.05) is 50.2 Å². The molecule has 2 N–H and O–H groups in total. The topological polar surface area (TPSA) is 41.5 Å². The van der Waals surface area contributed by atoms with Gasteiger partial charge in [-0.15, -0.1) is 0 Å². The molecule has 0 aliphatic carbocycles. The first kappa shape index (κ1) is 15.2. The first-order valence-corrected chi connectivity index (χ1v) is 7.39. The number of phenolic OH excluding ortho intramolecular Hbond substituents is 1. The average Bonchev–Trinajstić information content (AvgIpc) is 2.48. The molecule has 21 heavy (non-hydrogen) atoms. The average molecular weight is 285 g/mol. The number of ether oxygens (including phenoxy) is 1. The number of hydrogen-bond donors (Lipinski definition) is 2. The molecule has 0 saturated carbocycles. The van der Waals surface area contributed by atoms with Crippen LogP contribution in [0.15, 0.2) is 42.5 Å². The van der Waals surface area contributed by atoms with Crippen molar-refractivity contribution < 1.29 is 9.84 Å². The van der Waals surface area contributed by atoms with Crippen molar-refractivity contribution in [3.63, 3.8) is 0 Å². The van der Waals surface area contributed by atoms with Crippen molar-refractivity contribution in [3.05, 3.63) is 53.6 Å². The molecule has 2 rings (SSSR count). The molecule has 2 aromatic carbocycles. The molecule has 2 aromatic rings. The monoisotopic (exact) mass is 285 g/mol. The summed E-state index contributed by atoms with van der Waals surface area (Å²) >= 11 is 0. The first-order chi connectivity index (χ1) is 10.1. The summed E-state index contributed by atoms with van der Waals surface area (Å²) in [4.78, 5) is 0. The zero-order valence-corrected chi connectivity index (χ0v) is 12.9. The number of benzene rings is 2. The Morgan fingerprint density at radius 2 is 2.00 bits per heavy atom. The maximum absolute atomic E-state index is 9.99. The smallest absolute Gasteiger partial charge is 0.121 e. The number of aryl methyl sites for hydroxylation is 1. The molecule has 0 aliphatic rings. The van der Waals surface area contributed by atoms with Crippen LogP contribution in [0.5, 0.6) is 11.5 Å². The number of anilines is 1. The fourth-order valence-electron chi connectivity index (χ4n) is 2.24. The first-order valence-electron chi connectivity index (χ1n) is 7.39. The summed E-state index contributed by atoms with van der Waals surface area (Å²) in [5.74, 6) is 1.18. The zero-order chi connectivity index (χ0) is 15.2. The van der Waals surface area contributed by atoms with Gasteiger partial charge in [0.05, 0.1) is 12.6 Å². The minimum Gasteiger partial charge on any atom is -0.508 e. The Bertz CT molecular complexity index is 596. The highest BCUT2D eigenvalue weighted by atomic mass is 16.5. The van der Waals surface area contributed by atoms with Crippen LogP contribution < -0.4 is 10.1 Å². The predicted octanol–water partition coefficient (Wildman–Crippen LogP) is 4.66. The fourth-order valence-corrected chi connectivity index (χ4v) is 2.24. The largest absolute Gasteiger partial charge is 0.508 e. The predicted molar refractivity (Wildman–Crippen MR) is 87.1 cm³/mol. The number of aromatic hydroxyl groups is 1. The van der Waals surface area contributed by atoms with Crippen molar-refractivity contribution in [1.82, 2.24) is 0 Å². The second-order valence-electron chi connectivity index (χ2n) is 5.30. The van der Waals surface area contributed by atoms with Crippen LogP contribution in [0.4, 0.5) is 5.69 Å². The van der Waals surface area contributed by atoms with E-state index in [0.717, 1.165) is 35.6 Å². The Kier molecular flexibility index (Phi) is 5.09. The zero-order valence-electron chi connectivity index (χ0n) is 12.9. The maximum Gasteiger partial charge on any atom is 0.121 e. The lowest BCUT2D eigenvalue weighted by Crippen LogP contribution is -2.07. The van der Waals surface area contributed by atoms with Crippen molar-refractivity contribution in [1.29, 1.82) is 0 Å². The van der Waals surface area contributed by atoms with E-state index in [1.54, 1.807) is 6.07 Å². The molecule has 0 spiro atoms. The van der Waals surface area contributed by atoms with Crippen LogP contribution in [0.3, 0.4) is 0 Å². The van der Waals surface area contributed by atoms with Gasteiger partial charge in [0.2, 0.25) is 0 Å². The molecule has 0 aromatic heterocycles. The van der Waals surface area contributed by atoms with Crippen LogP contribution in [0.1, 0.15) is 37.4 Å². The Balaban J connectivity index is 2.11. The van der Waals surface area contributed by atoms with Crippen LogP contribution in [0.25, 0.3) is 0 Å². The van der Waals surface area contributed by atoms with Gasteiger partial charge >= 0.3 is 0 Å². The molecule has 0 saturated heterocycles. The van der Waals surface area contributed by atoms with Crippen molar-refractivity contribution in [2.75, 3.05) is 11.9 Å². The van der Waals surface area contributed by atoms with E-state index in [-0.39, 0.29) is 6.04 Å². The summed E-state index contributed by atoms with van der Waals surface area (Å²) in [7, 11) is 0. The van der Waals surface area contributed by atoms with E-state index in [2.05, 4.69) is 12.2 Å². The molecule has 1 unspecified atom stereocenters. The van der Waals surface area contributed by atoms with Crippen LogP contribution in [-0.2, 0) is 0 Å². The normalized spacial score (nSPS) is 12.0. The molecule has 1 atom stereocenters. The number of nitrogens with one attached hydrogen (secondary N) is 1. The minimum atomic E-state index is 0.0197. The molecule has 3 heteroatoms. The molecule has 0 fully saturated rings. The lowest BCUT2D eigenvalue weighted by Gasteiger charge is -2.18. The molecule has 3 nitrogen and oxygen atoms in total. The van der Waals surface area contributed by atoms with E-state index in [1.165, 1.54) is 0 Å². The third-order valence-electron chi connectivity index (χ3n) is 3.34. The van der Waals surface area contributed by atoms with E-state index >= 15 is 0 Å². The van der Waals surface area contributed by atoms with Crippen LogP contribution in [-0.4, -0.2) is 11.7 Å². The Hall–Kier alpha value is -2.16.